The lowest BCUT2D eigenvalue weighted by molar-refractivity contribution is -0.121. The van der Waals surface area contributed by atoms with Gasteiger partial charge in [-0.3, -0.25) is 43.2 Å². The zero-order valence-corrected chi connectivity index (χ0v) is 68.6. The molecule has 0 aliphatic rings. The van der Waals surface area contributed by atoms with Crippen molar-refractivity contribution in [3.63, 3.8) is 0 Å². The molecule has 0 radical (unpaired) electrons. The Morgan fingerprint density at radius 2 is 0.803 bits per heavy atom. The normalized spacial score (nSPS) is 12.0. The number of ether oxygens (including phenoxy) is 8. The lowest BCUT2D eigenvalue weighted by atomic mass is 9.92. The van der Waals surface area contributed by atoms with Crippen molar-refractivity contribution in [3.05, 3.63) is 203 Å². The zero-order valence-electron chi connectivity index (χ0n) is 68.6. The van der Waals surface area contributed by atoms with E-state index in [0.717, 1.165) is 48.5 Å². The molecular weight excluding hydrogens is 1620 g/mol. The lowest BCUT2D eigenvalue weighted by Crippen LogP contribution is -2.43. The Kier molecular flexibility index (Phi) is 37.3. The number of aromatic nitrogens is 6. The molecule has 38 nitrogen and oxygen atoms in total. The highest BCUT2D eigenvalue weighted by Crippen LogP contribution is 2.29. The summed E-state index contributed by atoms with van der Waals surface area (Å²) in [6.07, 6.45) is 4.18. The molecular formula is C78H99F6N21O17. The van der Waals surface area contributed by atoms with Gasteiger partial charge in [-0.2, -0.15) is 0 Å². The number of hydrogen-bond donors (Lipinski definition) is 10. The molecule has 7 rings (SSSR count). The number of nitrogens with zero attached hydrogens (tertiary/aromatic N) is 11. The summed E-state index contributed by atoms with van der Waals surface area (Å²) in [4.78, 5) is 123. The maximum atomic E-state index is 13.9. The van der Waals surface area contributed by atoms with Gasteiger partial charge in [0.2, 0.25) is 0 Å². The number of azide groups is 1. The number of Topliss-reactive ketones (excluding diaryl/α,β-unsaturated/α-hetero) is 3. The van der Waals surface area contributed by atoms with Crippen molar-refractivity contribution in [2.24, 2.45) is 54.8 Å². The van der Waals surface area contributed by atoms with Gasteiger partial charge in [0.05, 0.1) is 173 Å². The van der Waals surface area contributed by atoms with Gasteiger partial charge in [0, 0.05) is 109 Å². The second-order valence-electron chi connectivity index (χ2n) is 27.7. The third-order valence-corrected chi connectivity index (χ3v) is 18.8. The summed E-state index contributed by atoms with van der Waals surface area (Å²) in [5, 5.41) is 28.9. The minimum Gasteiger partial charge on any atom is -0.399 e. The van der Waals surface area contributed by atoms with Gasteiger partial charge in [-0.1, -0.05) is 10.3 Å². The van der Waals surface area contributed by atoms with E-state index in [4.69, 9.17) is 66.6 Å². The summed E-state index contributed by atoms with van der Waals surface area (Å²) in [5.41, 5.74) is 21.6. The first-order valence-electron chi connectivity index (χ1n) is 37.8. The van der Waals surface area contributed by atoms with Crippen LogP contribution < -0.4 is 55.1 Å². The summed E-state index contributed by atoms with van der Waals surface area (Å²) in [5.74, 6) is -2.63. The standard InChI is InChI=1S/C78H99F6N21O17/c1-45-63(48(4)100(7)66(45)72(109)94-53-10-13-57(79)60(82)32-53)69(106)75(112)90-35-51(85)38-103(88)17-21-116-25-29-120-42-78(41-119-28-24-115-20-16-93-98-87,43-121-30-26-117-22-18-104(89)39-52(86)36-91-76(113)70(107)64-46(2)67(101(8)49(64)5)73(110)95-54-11-14-58(80)61(83)33-54)44-122-31-27-118-23-19-105-40-56(97-99-105)37-92-77(114)71(108)65-47(3)68(102(9)50(65)6)74(111)96-55-12-15-59(81)62(84)34-55/h10-15,32-34,38-40H,16-31,35-37,41-44,85-86,88-89H2,1-9H3,(H,90,112)(H,91,113)(H,92,114)(H,94,109)(H,95,110)(H,96,111)/b51-38-,52-39-. The predicted octanol–water partition coefficient (Wildman–Crippen LogP) is 4.61. The minimum absolute atomic E-state index is 0.00182. The van der Waals surface area contributed by atoms with Crippen LogP contribution in [-0.4, -0.2) is 230 Å². The Morgan fingerprint density at radius 3 is 1.15 bits per heavy atom. The molecule has 0 atom stereocenters. The van der Waals surface area contributed by atoms with E-state index < -0.39 is 93.1 Å². The van der Waals surface area contributed by atoms with Gasteiger partial charge < -0.3 is 105 Å². The first-order valence-corrected chi connectivity index (χ1v) is 37.8. The Labute approximate surface area is 696 Å². The molecule has 660 valence electrons. The molecule has 0 aliphatic heterocycles. The maximum absolute atomic E-state index is 13.9. The molecule has 4 aromatic heterocycles. The number of carbonyl (C=O) groups excluding carboxylic acids is 9. The molecule has 7 aromatic rings. The number of rotatable bonds is 52. The summed E-state index contributed by atoms with van der Waals surface area (Å²) >= 11 is 0. The van der Waals surface area contributed by atoms with Crippen molar-refractivity contribution in [1.29, 1.82) is 0 Å². The van der Waals surface area contributed by atoms with E-state index >= 15 is 0 Å². The summed E-state index contributed by atoms with van der Waals surface area (Å²) < 4.78 is 136. The molecule has 0 fully saturated rings. The molecule has 0 spiro atoms. The monoisotopic (exact) mass is 1720 g/mol. The Bertz CT molecular complexity index is 4840. The van der Waals surface area contributed by atoms with E-state index in [1.54, 1.807) is 6.92 Å². The number of nitrogens with two attached hydrogens (primary N) is 4. The molecule has 0 unspecified atom stereocenters. The number of ketones is 3. The molecule has 4 heterocycles. The quantitative estimate of drug-likeness (QED) is 0.00286. The molecule has 0 bridgehead atoms. The van der Waals surface area contributed by atoms with Crippen LogP contribution in [-0.2, 0) is 86.5 Å². The van der Waals surface area contributed by atoms with E-state index in [9.17, 15) is 69.5 Å². The van der Waals surface area contributed by atoms with Gasteiger partial charge in [0.25, 0.3) is 52.8 Å². The van der Waals surface area contributed by atoms with Crippen molar-refractivity contribution >= 4 is 69.9 Å². The highest BCUT2D eigenvalue weighted by Gasteiger charge is 2.35. The number of hydrogen-bond acceptors (Lipinski definition) is 26. The first-order chi connectivity index (χ1) is 58.1. The van der Waals surface area contributed by atoms with Crippen LogP contribution in [0.3, 0.4) is 0 Å². The van der Waals surface area contributed by atoms with Gasteiger partial charge in [-0.15, -0.1) is 5.10 Å². The smallest absolute Gasteiger partial charge is 0.292 e. The van der Waals surface area contributed by atoms with E-state index in [1.807, 2.05) is 0 Å². The number of nitrogens with one attached hydrogen (secondary N) is 6. The number of halogens is 6. The number of carbonyl (C=O) groups is 9. The SMILES string of the molecule is Cc1c(C(=O)C(=O)NC/C(N)=C/N(N)CCOCCOCC(COCCOCCN=[N+]=[N-])(COCCOCCN(N)/C=C(\N)CNC(=O)C(=O)c2c(C)c(C(=O)Nc3ccc(F)c(F)c3)n(C)c2C)COCCOCCn2cc(CNC(=O)C(=O)c3c(C)c(C(=O)Nc4ccc(F)c(F)c4)n(C)c3C)nn2)c(C)n(C)c1C(=O)Nc1ccc(F)c(F)c1. The van der Waals surface area contributed by atoms with Crippen LogP contribution in [0, 0.1) is 81.9 Å². The van der Waals surface area contributed by atoms with Crippen LogP contribution in [0.25, 0.3) is 10.4 Å². The molecule has 0 saturated heterocycles. The Balaban J connectivity index is 0.905. The Morgan fingerprint density at radius 1 is 0.475 bits per heavy atom. The highest BCUT2D eigenvalue weighted by molar-refractivity contribution is 6.45. The van der Waals surface area contributed by atoms with E-state index in [-0.39, 0.29) is 242 Å². The van der Waals surface area contributed by atoms with Crippen LogP contribution in [0.1, 0.15) is 102 Å². The van der Waals surface area contributed by atoms with Gasteiger partial charge >= 0.3 is 0 Å². The fraction of sp³-hybridized carbons (Fsp3) is 0.423. The average Bonchev–Trinajstić information content (AvgIpc) is 1.64. The summed E-state index contributed by atoms with van der Waals surface area (Å²) in [6, 6.07) is 8.45. The number of anilines is 3. The van der Waals surface area contributed by atoms with Crippen LogP contribution in [0.15, 0.2) is 89.7 Å². The largest absolute Gasteiger partial charge is 0.399 e. The van der Waals surface area contributed by atoms with Crippen LogP contribution in [0.2, 0.25) is 0 Å². The number of benzene rings is 3. The van der Waals surface area contributed by atoms with Crippen LogP contribution in [0.5, 0.6) is 0 Å². The molecule has 122 heavy (non-hydrogen) atoms. The summed E-state index contributed by atoms with van der Waals surface area (Å²) in [6.45, 7) is 9.57. The zero-order chi connectivity index (χ0) is 89.5. The van der Waals surface area contributed by atoms with E-state index in [1.165, 1.54) is 109 Å². The number of hydrazine groups is 2. The fourth-order valence-corrected chi connectivity index (χ4v) is 12.4. The Hall–Kier alpha value is -12.4. The van der Waals surface area contributed by atoms with E-state index in [0.29, 0.717) is 11.4 Å². The minimum atomic E-state index is -1.18. The lowest BCUT2D eigenvalue weighted by Gasteiger charge is -2.33. The molecule has 44 heteroatoms. The number of amides is 6. The maximum Gasteiger partial charge on any atom is 0.292 e. The van der Waals surface area contributed by atoms with Gasteiger partial charge in [0.1, 0.15) is 22.8 Å². The summed E-state index contributed by atoms with van der Waals surface area (Å²) in [7, 11) is 4.52. The van der Waals surface area contributed by atoms with Gasteiger partial charge in [-0.25, -0.2) is 42.7 Å². The molecule has 3 aromatic carbocycles. The third-order valence-electron chi connectivity index (χ3n) is 18.8. The van der Waals surface area contributed by atoms with Crippen molar-refractivity contribution in [2.45, 2.75) is 54.6 Å². The highest BCUT2D eigenvalue weighted by atomic mass is 19.2. The molecule has 0 aliphatic carbocycles. The van der Waals surface area contributed by atoms with Crippen molar-refractivity contribution in [2.75, 3.05) is 154 Å². The van der Waals surface area contributed by atoms with Crippen LogP contribution >= 0.6 is 0 Å². The second-order valence-corrected chi connectivity index (χ2v) is 27.7. The first kappa shape index (κ1) is 96.8. The van der Waals surface area contributed by atoms with Crippen molar-refractivity contribution in [1.82, 2.24) is 54.7 Å². The predicted molar refractivity (Wildman–Crippen MR) is 428 cm³/mol. The van der Waals surface area contributed by atoms with Gasteiger partial charge in [0.15, 0.2) is 34.9 Å². The third kappa shape index (κ3) is 27.6. The van der Waals surface area contributed by atoms with Crippen LogP contribution in [0.4, 0.5) is 43.4 Å². The fourth-order valence-electron chi connectivity index (χ4n) is 12.4. The van der Waals surface area contributed by atoms with Crippen molar-refractivity contribution < 1.29 is 107 Å². The molecule has 0 saturated carbocycles. The second kappa shape index (κ2) is 47.0. The average molecular weight is 1720 g/mol. The molecule has 6 amide bonds. The molecule has 14 N–H and O–H groups in total. The topological polar surface area (TPSA) is 504 Å². The van der Waals surface area contributed by atoms with Crippen molar-refractivity contribution in [3.8, 4) is 0 Å². The van der Waals surface area contributed by atoms with Gasteiger partial charge in [-0.05, 0) is 100 Å². The van der Waals surface area contributed by atoms with E-state index in [2.05, 4.69) is 52.2 Å².